The fourth-order valence-corrected chi connectivity index (χ4v) is 2.56. The van der Waals surface area contributed by atoms with Gasteiger partial charge in [-0.3, -0.25) is 16.0 Å². The van der Waals surface area contributed by atoms with Gasteiger partial charge >= 0.3 is 0 Å². The van der Waals surface area contributed by atoms with Crippen molar-refractivity contribution in [3.63, 3.8) is 0 Å². The second kappa shape index (κ2) is 5.73. The normalized spacial score (nSPS) is 12.9. The predicted molar refractivity (Wildman–Crippen MR) is 74.6 cm³/mol. The van der Waals surface area contributed by atoms with E-state index in [2.05, 4.69) is 15.5 Å². The molecule has 0 saturated carbocycles. The molecule has 2 aromatic heterocycles. The maximum atomic E-state index is 6.36. The van der Waals surface area contributed by atoms with Crippen LogP contribution in [-0.2, 0) is 26.9 Å². The van der Waals surface area contributed by atoms with Gasteiger partial charge in [-0.25, -0.2) is 4.98 Å². The van der Waals surface area contributed by atoms with Gasteiger partial charge in [0.2, 0.25) is 0 Å². The highest BCUT2D eigenvalue weighted by molar-refractivity contribution is 6.31. The summed E-state index contributed by atoms with van der Waals surface area (Å²) >= 11 is 6.36. The lowest BCUT2D eigenvalue weighted by Gasteiger charge is -2.16. The average molecular weight is 283 g/mol. The molecule has 0 bridgehead atoms. The minimum absolute atomic E-state index is 0.0508. The summed E-state index contributed by atoms with van der Waals surface area (Å²) < 4.78 is 3.76. The number of rotatable bonds is 5. The second-order valence-electron chi connectivity index (χ2n) is 4.54. The zero-order valence-corrected chi connectivity index (χ0v) is 12.1. The average Bonchev–Trinajstić information content (AvgIpc) is 2.93. The van der Waals surface area contributed by atoms with Crippen molar-refractivity contribution in [2.45, 2.75) is 25.8 Å². The van der Waals surface area contributed by atoms with Crippen LogP contribution in [0.3, 0.4) is 0 Å². The van der Waals surface area contributed by atoms with E-state index in [1.807, 2.05) is 30.3 Å². The van der Waals surface area contributed by atoms with E-state index in [0.29, 0.717) is 6.42 Å². The lowest BCUT2D eigenvalue weighted by atomic mass is 10.1. The number of hydrogen-bond donors (Lipinski definition) is 2. The fourth-order valence-electron chi connectivity index (χ4n) is 2.19. The van der Waals surface area contributed by atoms with E-state index in [1.54, 1.807) is 12.5 Å². The summed E-state index contributed by atoms with van der Waals surface area (Å²) in [6.45, 7) is 2.04. The summed E-state index contributed by atoms with van der Waals surface area (Å²) in [5.74, 6) is 5.66. The third-order valence-corrected chi connectivity index (χ3v) is 3.75. The van der Waals surface area contributed by atoms with E-state index < -0.39 is 0 Å². The van der Waals surface area contributed by atoms with Gasteiger partial charge < -0.3 is 4.57 Å². The van der Waals surface area contributed by atoms with Crippen molar-refractivity contribution in [3.8, 4) is 0 Å². The van der Waals surface area contributed by atoms with Gasteiger partial charge in [-0.1, -0.05) is 18.5 Å². The van der Waals surface area contributed by atoms with Crippen LogP contribution in [-0.4, -0.2) is 19.3 Å². The summed E-state index contributed by atoms with van der Waals surface area (Å²) in [5.41, 5.74) is 5.72. The fraction of sp³-hybridized carbons (Fsp3) is 0.500. The van der Waals surface area contributed by atoms with Crippen LogP contribution < -0.4 is 11.3 Å². The van der Waals surface area contributed by atoms with Gasteiger partial charge in [0.15, 0.2) is 0 Å². The minimum Gasteiger partial charge on any atom is -0.336 e. The Morgan fingerprint density at radius 1 is 1.47 bits per heavy atom. The van der Waals surface area contributed by atoms with Crippen molar-refractivity contribution in [2.75, 3.05) is 0 Å². The van der Waals surface area contributed by atoms with Crippen molar-refractivity contribution in [1.82, 2.24) is 24.8 Å². The van der Waals surface area contributed by atoms with Crippen LogP contribution in [0.2, 0.25) is 5.02 Å². The van der Waals surface area contributed by atoms with E-state index in [0.717, 1.165) is 28.5 Å². The van der Waals surface area contributed by atoms with Crippen molar-refractivity contribution >= 4 is 11.6 Å². The highest BCUT2D eigenvalue weighted by Crippen LogP contribution is 2.25. The van der Waals surface area contributed by atoms with Crippen molar-refractivity contribution in [3.05, 3.63) is 34.6 Å². The molecule has 0 fully saturated rings. The molecule has 0 spiro atoms. The van der Waals surface area contributed by atoms with Crippen LogP contribution >= 0.6 is 11.6 Å². The number of nitrogens with one attached hydrogen (secondary N) is 1. The highest BCUT2D eigenvalue weighted by atomic mass is 35.5. The number of hydrazine groups is 1. The molecule has 0 radical (unpaired) electrons. The molecule has 6 nitrogen and oxygen atoms in total. The Morgan fingerprint density at radius 2 is 2.21 bits per heavy atom. The SMILES string of the molecule is CCc1nn(C)c(CC(NN)c2cncn2C)c1Cl. The molecule has 2 rings (SSSR count). The molecule has 2 heterocycles. The molecule has 7 heteroatoms. The number of imidazole rings is 1. The van der Waals surface area contributed by atoms with Gasteiger partial charge in [-0.2, -0.15) is 5.10 Å². The Kier molecular flexibility index (Phi) is 4.24. The molecule has 0 saturated heterocycles. The molecule has 2 aromatic rings. The zero-order valence-electron chi connectivity index (χ0n) is 11.4. The molecule has 0 aliphatic rings. The number of halogens is 1. The Morgan fingerprint density at radius 3 is 2.68 bits per heavy atom. The Balaban J connectivity index is 2.29. The van der Waals surface area contributed by atoms with Gasteiger partial charge in [-0.15, -0.1) is 0 Å². The third kappa shape index (κ3) is 2.65. The first-order valence-electron chi connectivity index (χ1n) is 6.21. The maximum Gasteiger partial charge on any atom is 0.0946 e. The van der Waals surface area contributed by atoms with Gasteiger partial charge in [0.05, 0.1) is 34.5 Å². The molecule has 1 unspecified atom stereocenters. The van der Waals surface area contributed by atoms with Crippen LogP contribution in [0, 0.1) is 0 Å². The quantitative estimate of drug-likeness (QED) is 0.637. The summed E-state index contributed by atoms with van der Waals surface area (Å²) in [4.78, 5) is 4.11. The first-order chi connectivity index (χ1) is 9.08. The maximum absolute atomic E-state index is 6.36. The van der Waals surface area contributed by atoms with Crippen LogP contribution in [0.25, 0.3) is 0 Å². The summed E-state index contributed by atoms with van der Waals surface area (Å²) in [6, 6.07) is -0.0508. The topological polar surface area (TPSA) is 73.7 Å². The van der Waals surface area contributed by atoms with E-state index >= 15 is 0 Å². The Hall–Kier alpha value is -1.37. The number of hydrogen-bond acceptors (Lipinski definition) is 4. The lowest BCUT2D eigenvalue weighted by Crippen LogP contribution is -2.31. The Bertz CT molecular complexity index is 559. The minimum atomic E-state index is -0.0508. The van der Waals surface area contributed by atoms with Gasteiger partial charge in [0, 0.05) is 26.7 Å². The molecule has 0 aliphatic carbocycles. The predicted octanol–water partition coefficient (Wildman–Crippen LogP) is 1.12. The largest absolute Gasteiger partial charge is 0.336 e. The number of aryl methyl sites for hydroxylation is 3. The molecule has 104 valence electrons. The Labute approximate surface area is 117 Å². The van der Waals surface area contributed by atoms with E-state index in [4.69, 9.17) is 17.4 Å². The molecular formula is C12H19ClN6. The smallest absolute Gasteiger partial charge is 0.0946 e. The molecule has 0 amide bonds. The summed E-state index contributed by atoms with van der Waals surface area (Å²) in [6.07, 6.45) is 5.04. The third-order valence-electron chi connectivity index (χ3n) is 3.31. The standard InChI is InChI=1S/C12H19ClN6/c1-4-8-12(13)10(19(3)17-8)5-9(16-14)11-6-15-7-18(11)2/h6-7,9,16H,4-5,14H2,1-3H3. The van der Waals surface area contributed by atoms with Crippen molar-refractivity contribution in [1.29, 1.82) is 0 Å². The first-order valence-corrected chi connectivity index (χ1v) is 6.58. The first kappa shape index (κ1) is 14.0. The van der Waals surface area contributed by atoms with Gasteiger partial charge in [0.1, 0.15) is 0 Å². The van der Waals surface area contributed by atoms with Crippen LogP contribution in [0.15, 0.2) is 12.5 Å². The lowest BCUT2D eigenvalue weighted by molar-refractivity contribution is 0.504. The number of nitrogens with two attached hydrogens (primary N) is 1. The summed E-state index contributed by atoms with van der Waals surface area (Å²) in [5, 5.41) is 5.14. The molecular weight excluding hydrogens is 264 g/mol. The van der Waals surface area contributed by atoms with Gasteiger partial charge in [-0.05, 0) is 6.42 Å². The summed E-state index contributed by atoms with van der Waals surface area (Å²) in [7, 11) is 3.84. The van der Waals surface area contributed by atoms with Crippen molar-refractivity contribution in [2.24, 2.45) is 19.9 Å². The van der Waals surface area contributed by atoms with Crippen LogP contribution in [0.1, 0.15) is 30.0 Å². The second-order valence-corrected chi connectivity index (χ2v) is 4.92. The number of nitrogens with zero attached hydrogens (tertiary/aromatic N) is 4. The molecule has 19 heavy (non-hydrogen) atoms. The van der Waals surface area contributed by atoms with Gasteiger partial charge in [0.25, 0.3) is 0 Å². The van der Waals surface area contributed by atoms with E-state index in [9.17, 15) is 0 Å². The molecule has 3 N–H and O–H groups in total. The van der Waals surface area contributed by atoms with Crippen LogP contribution in [0.5, 0.6) is 0 Å². The number of aromatic nitrogens is 4. The molecule has 0 aliphatic heterocycles. The van der Waals surface area contributed by atoms with E-state index in [1.165, 1.54) is 0 Å². The monoisotopic (exact) mass is 282 g/mol. The zero-order chi connectivity index (χ0) is 14.0. The van der Waals surface area contributed by atoms with Crippen LogP contribution in [0.4, 0.5) is 0 Å². The molecule has 1 atom stereocenters. The van der Waals surface area contributed by atoms with Crippen molar-refractivity contribution < 1.29 is 0 Å². The molecule has 0 aromatic carbocycles. The van der Waals surface area contributed by atoms with E-state index in [-0.39, 0.29) is 6.04 Å². The highest BCUT2D eigenvalue weighted by Gasteiger charge is 2.20.